The van der Waals surface area contributed by atoms with Crippen LogP contribution in [0.1, 0.15) is 13.8 Å². The number of fused-ring (bicyclic) bond motifs is 1. The molecule has 0 atom stereocenters. The minimum atomic E-state index is -0.246. The van der Waals surface area contributed by atoms with E-state index in [0.717, 1.165) is 16.6 Å². The molecule has 0 aliphatic heterocycles. The molecule has 3 N–H and O–H groups in total. The van der Waals surface area contributed by atoms with Gasteiger partial charge in [-0.2, -0.15) is 10.2 Å². The fourth-order valence-corrected chi connectivity index (χ4v) is 1.47. The van der Waals surface area contributed by atoms with Crippen LogP contribution in [0, 0.1) is 0 Å². The van der Waals surface area contributed by atoms with E-state index in [1.807, 2.05) is 38.1 Å². The summed E-state index contributed by atoms with van der Waals surface area (Å²) < 4.78 is 0. The van der Waals surface area contributed by atoms with Crippen molar-refractivity contribution in [2.24, 2.45) is 5.73 Å². The Kier molecular flexibility index (Phi) is 2.75. The third-order valence-electron chi connectivity index (χ3n) is 2.28. The fourth-order valence-electron chi connectivity index (χ4n) is 1.47. The first-order chi connectivity index (χ1) is 7.56. The third-order valence-corrected chi connectivity index (χ3v) is 2.28. The van der Waals surface area contributed by atoms with E-state index in [-0.39, 0.29) is 5.54 Å². The van der Waals surface area contributed by atoms with Crippen molar-refractivity contribution in [3.63, 3.8) is 0 Å². The van der Waals surface area contributed by atoms with Crippen LogP contribution in [-0.4, -0.2) is 22.3 Å². The van der Waals surface area contributed by atoms with E-state index >= 15 is 0 Å². The van der Waals surface area contributed by atoms with Crippen LogP contribution in [-0.2, 0) is 0 Å². The van der Waals surface area contributed by atoms with Crippen molar-refractivity contribution in [1.82, 2.24) is 10.2 Å². The number of nitrogens with zero attached hydrogens (tertiary/aromatic N) is 2. The highest BCUT2D eigenvalue weighted by Crippen LogP contribution is 2.19. The molecule has 2 aromatic rings. The van der Waals surface area contributed by atoms with Crippen LogP contribution in [0.25, 0.3) is 10.9 Å². The zero-order valence-electron chi connectivity index (χ0n) is 9.57. The summed E-state index contributed by atoms with van der Waals surface area (Å²) in [5.41, 5.74) is 7.55. The molecule has 1 heterocycles. The number of aromatic nitrogens is 2. The van der Waals surface area contributed by atoms with E-state index in [9.17, 15) is 0 Å². The first kappa shape index (κ1) is 10.8. The predicted molar refractivity (Wildman–Crippen MR) is 66.3 cm³/mol. The van der Waals surface area contributed by atoms with Gasteiger partial charge in [-0.3, -0.25) is 0 Å². The van der Waals surface area contributed by atoms with Crippen LogP contribution in [0.4, 0.5) is 5.69 Å². The molecule has 0 radical (unpaired) electrons. The standard InChI is InChI=1S/C12H16N4/c1-12(2,13)8-14-11-7-15-16-10-6-4-3-5-9(10)11/h3-7H,8,13H2,1-2H3,(H,14,16). The summed E-state index contributed by atoms with van der Waals surface area (Å²) in [5, 5.41) is 12.4. The van der Waals surface area contributed by atoms with Crippen molar-refractivity contribution in [3.8, 4) is 0 Å². The topological polar surface area (TPSA) is 63.8 Å². The third kappa shape index (κ3) is 2.46. The second-order valence-corrected chi connectivity index (χ2v) is 4.62. The summed E-state index contributed by atoms with van der Waals surface area (Å²) in [6.45, 7) is 4.66. The molecule has 0 saturated carbocycles. The Labute approximate surface area is 94.9 Å². The molecule has 4 heteroatoms. The highest BCUT2D eigenvalue weighted by Gasteiger charge is 2.11. The number of nitrogens with two attached hydrogens (primary N) is 1. The van der Waals surface area contributed by atoms with Crippen LogP contribution in [0.5, 0.6) is 0 Å². The van der Waals surface area contributed by atoms with Crippen molar-refractivity contribution in [1.29, 1.82) is 0 Å². The Morgan fingerprint density at radius 2 is 2.06 bits per heavy atom. The molecule has 0 spiro atoms. The first-order valence-electron chi connectivity index (χ1n) is 5.29. The Balaban J connectivity index is 2.30. The number of nitrogens with one attached hydrogen (secondary N) is 1. The van der Waals surface area contributed by atoms with Gasteiger partial charge in [-0.1, -0.05) is 18.2 Å². The number of hydrogen-bond donors (Lipinski definition) is 2. The second-order valence-electron chi connectivity index (χ2n) is 4.62. The first-order valence-corrected chi connectivity index (χ1v) is 5.29. The molecule has 84 valence electrons. The molecule has 0 unspecified atom stereocenters. The van der Waals surface area contributed by atoms with Gasteiger partial charge >= 0.3 is 0 Å². The average Bonchev–Trinajstić information content (AvgIpc) is 2.25. The van der Waals surface area contributed by atoms with E-state index in [1.165, 1.54) is 0 Å². The summed E-state index contributed by atoms with van der Waals surface area (Å²) in [6.07, 6.45) is 1.73. The van der Waals surface area contributed by atoms with Gasteiger partial charge in [-0.15, -0.1) is 0 Å². The molecule has 0 fully saturated rings. The van der Waals surface area contributed by atoms with Gasteiger partial charge < -0.3 is 11.1 Å². The van der Waals surface area contributed by atoms with E-state index in [0.29, 0.717) is 6.54 Å². The lowest BCUT2D eigenvalue weighted by molar-refractivity contribution is 0.549. The Bertz CT molecular complexity index is 482. The molecule has 2 rings (SSSR count). The lowest BCUT2D eigenvalue weighted by atomic mass is 10.1. The molecule has 4 nitrogen and oxygen atoms in total. The van der Waals surface area contributed by atoms with Gasteiger partial charge in [-0.05, 0) is 19.9 Å². The summed E-state index contributed by atoms with van der Waals surface area (Å²) >= 11 is 0. The van der Waals surface area contributed by atoms with Gasteiger partial charge in [0.2, 0.25) is 0 Å². The maximum atomic E-state index is 5.93. The monoisotopic (exact) mass is 216 g/mol. The van der Waals surface area contributed by atoms with Crippen molar-refractivity contribution in [2.75, 3.05) is 11.9 Å². The molecule has 16 heavy (non-hydrogen) atoms. The molecule has 1 aromatic carbocycles. The van der Waals surface area contributed by atoms with Crippen LogP contribution in [0.2, 0.25) is 0 Å². The predicted octanol–water partition coefficient (Wildman–Crippen LogP) is 1.78. The zero-order chi connectivity index (χ0) is 11.6. The molecule has 0 bridgehead atoms. The van der Waals surface area contributed by atoms with Crippen molar-refractivity contribution < 1.29 is 0 Å². The largest absolute Gasteiger partial charge is 0.381 e. The number of rotatable bonds is 3. The Morgan fingerprint density at radius 3 is 2.81 bits per heavy atom. The molecule has 0 amide bonds. The molecular weight excluding hydrogens is 200 g/mol. The summed E-state index contributed by atoms with van der Waals surface area (Å²) in [7, 11) is 0. The summed E-state index contributed by atoms with van der Waals surface area (Å²) in [5.74, 6) is 0. The zero-order valence-corrected chi connectivity index (χ0v) is 9.57. The fraction of sp³-hybridized carbons (Fsp3) is 0.333. The van der Waals surface area contributed by atoms with E-state index in [4.69, 9.17) is 5.73 Å². The lowest BCUT2D eigenvalue weighted by Gasteiger charge is -2.20. The SMILES string of the molecule is CC(C)(N)CNc1cnnc2ccccc12. The molecule has 0 aliphatic carbocycles. The quantitative estimate of drug-likeness (QED) is 0.821. The average molecular weight is 216 g/mol. The van der Waals surface area contributed by atoms with Gasteiger partial charge in [0.05, 0.1) is 17.4 Å². The van der Waals surface area contributed by atoms with Crippen LogP contribution >= 0.6 is 0 Å². The molecular formula is C12H16N4. The number of benzene rings is 1. The van der Waals surface area contributed by atoms with Crippen LogP contribution in [0.15, 0.2) is 30.5 Å². The maximum Gasteiger partial charge on any atom is 0.0950 e. The second kappa shape index (κ2) is 4.06. The number of anilines is 1. The minimum Gasteiger partial charge on any atom is -0.381 e. The van der Waals surface area contributed by atoms with Gasteiger partial charge in [0.25, 0.3) is 0 Å². The van der Waals surface area contributed by atoms with Crippen LogP contribution < -0.4 is 11.1 Å². The van der Waals surface area contributed by atoms with Gasteiger partial charge in [0, 0.05) is 17.5 Å². The molecule has 0 saturated heterocycles. The Morgan fingerprint density at radius 1 is 1.31 bits per heavy atom. The van der Waals surface area contributed by atoms with E-state index < -0.39 is 0 Å². The van der Waals surface area contributed by atoms with Crippen molar-refractivity contribution in [2.45, 2.75) is 19.4 Å². The highest BCUT2D eigenvalue weighted by atomic mass is 15.1. The van der Waals surface area contributed by atoms with Crippen LogP contribution in [0.3, 0.4) is 0 Å². The van der Waals surface area contributed by atoms with Crippen molar-refractivity contribution in [3.05, 3.63) is 30.5 Å². The normalized spacial score (nSPS) is 11.7. The highest BCUT2D eigenvalue weighted by molar-refractivity contribution is 5.90. The van der Waals surface area contributed by atoms with E-state index in [1.54, 1.807) is 6.20 Å². The van der Waals surface area contributed by atoms with Crippen molar-refractivity contribution >= 4 is 16.6 Å². The lowest BCUT2D eigenvalue weighted by Crippen LogP contribution is -2.39. The minimum absolute atomic E-state index is 0.246. The molecule has 1 aromatic heterocycles. The smallest absolute Gasteiger partial charge is 0.0950 e. The van der Waals surface area contributed by atoms with Gasteiger partial charge in [0.15, 0.2) is 0 Å². The summed E-state index contributed by atoms with van der Waals surface area (Å²) in [4.78, 5) is 0. The van der Waals surface area contributed by atoms with E-state index in [2.05, 4.69) is 15.5 Å². The number of hydrogen-bond acceptors (Lipinski definition) is 4. The summed E-state index contributed by atoms with van der Waals surface area (Å²) in [6, 6.07) is 7.91. The Hall–Kier alpha value is -1.68. The van der Waals surface area contributed by atoms with Gasteiger partial charge in [-0.25, -0.2) is 0 Å². The van der Waals surface area contributed by atoms with Gasteiger partial charge in [0.1, 0.15) is 0 Å². The molecule has 0 aliphatic rings. The maximum absolute atomic E-state index is 5.93.